The summed E-state index contributed by atoms with van der Waals surface area (Å²) in [6, 6.07) is 24.5. The summed E-state index contributed by atoms with van der Waals surface area (Å²) in [6.07, 6.45) is 0. The lowest BCUT2D eigenvalue weighted by atomic mass is 10.0. The van der Waals surface area contributed by atoms with Gasteiger partial charge in [-0.3, -0.25) is 0 Å². The van der Waals surface area contributed by atoms with E-state index in [1.807, 2.05) is 67.6 Å². The third-order valence-corrected chi connectivity index (χ3v) is 5.76. The van der Waals surface area contributed by atoms with Crippen molar-refractivity contribution in [1.29, 1.82) is 0 Å². The van der Waals surface area contributed by atoms with Crippen LogP contribution in [0.2, 0.25) is 0 Å². The molecular formula is C25H16O4S. The van der Waals surface area contributed by atoms with E-state index in [-0.39, 0.29) is 0 Å². The molecule has 0 unspecified atom stereocenters. The summed E-state index contributed by atoms with van der Waals surface area (Å²) in [5.74, 6) is -0.0788. The van der Waals surface area contributed by atoms with Crippen LogP contribution >= 0.6 is 11.3 Å². The van der Waals surface area contributed by atoms with Crippen molar-refractivity contribution >= 4 is 38.4 Å². The zero-order valence-corrected chi connectivity index (χ0v) is 16.9. The molecule has 0 N–H and O–H groups in total. The lowest BCUT2D eigenvalue weighted by molar-refractivity contribution is 0.0737. The van der Waals surface area contributed by atoms with Gasteiger partial charge in [0.1, 0.15) is 5.75 Å². The van der Waals surface area contributed by atoms with Crippen molar-refractivity contribution < 1.29 is 13.9 Å². The Balaban J connectivity index is 1.60. The van der Waals surface area contributed by atoms with E-state index in [1.165, 1.54) is 0 Å². The van der Waals surface area contributed by atoms with Gasteiger partial charge in [0.2, 0.25) is 0 Å². The molecular weight excluding hydrogens is 396 g/mol. The van der Waals surface area contributed by atoms with Gasteiger partial charge in [0.05, 0.1) is 10.3 Å². The lowest BCUT2D eigenvalue weighted by Gasteiger charge is -2.10. The van der Waals surface area contributed by atoms with E-state index < -0.39 is 10.9 Å². The van der Waals surface area contributed by atoms with Gasteiger partial charge in [-0.2, -0.15) is 0 Å². The number of benzene rings is 4. The number of aryl methyl sites for hydroxylation is 1. The molecule has 0 aliphatic rings. The van der Waals surface area contributed by atoms with Crippen LogP contribution in [0, 0.1) is 6.92 Å². The van der Waals surface area contributed by atoms with Crippen LogP contribution in [0.1, 0.15) is 15.9 Å². The van der Waals surface area contributed by atoms with Gasteiger partial charge in [-0.1, -0.05) is 77.6 Å². The minimum absolute atomic E-state index is 0.369. The Morgan fingerprint density at radius 1 is 0.933 bits per heavy atom. The quantitative estimate of drug-likeness (QED) is 0.261. The molecule has 146 valence electrons. The third-order valence-electron chi connectivity index (χ3n) is 4.99. The van der Waals surface area contributed by atoms with E-state index in [2.05, 4.69) is 0 Å². The number of ether oxygens (including phenoxy) is 1. The van der Waals surface area contributed by atoms with Gasteiger partial charge in [0.25, 0.3) is 0 Å². The first-order valence-electron chi connectivity index (χ1n) is 9.43. The van der Waals surface area contributed by atoms with Crippen molar-refractivity contribution in [2.75, 3.05) is 0 Å². The van der Waals surface area contributed by atoms with E-state index in [1.54, 1.807) is 18.2 Å². The monoisotopic (exact) mass is 412 g/mol. The van der Waals surface area contributed by atoms with Gasteiger partial charge in [0, 0.05) is 11.6 Å². The second-order valence-electron chi connectivity index (χ2n) is 7.03. The molecule has 1 heterocycles. The van der Waals surface area contributed by atoms with Gasteiger partial charge in [0.15, 0.2) is 5.58 Å². The molecule has 5 rings (SSSR count). The van der Waals surface area contributed by atoms with Crippen molar-refractivity contribution in [3.63, 3.8) is 0 Å². The van der Waals surface area contributed by atoms with Crippen molar-refractivity contribution in [2.24, 2.45) is 0 Å². The zero-order chi connectivity index (χ0) is 20.7. The van der Waals surface area contributed by atoms with Gasteiger partial charge >= 0.3 is 10.9 Å². The summed E-state index contributed by atoms with van der Waals surface area (Å²) in [7, 11) is 0. The maximum Gasteiger partial charge on any atom is 0.396 e. The molecule has 0 aliphatic heterocycles. The molecule has 0 atom stereocenters. The van der Waals surface area contributed by atoms with Gasteiger partial charge in [-0.15, -0.1) is 0 Å². The molecule has 0 saturated heterocycles. The Hall–Kier alpha value is -3.70. The highest BCUT2D eigenvalue weighted by molar-refractivity contribution is 7.16. The van der Waals surface area contributed by atoms with Crippen LogP contribution in [0.5, 0.6) is 5.75 Å². The van der Waals surface area contributed by atoms with E-state index in [9.17, 15) is 9.59 Å². The SMILES string of the molecule is Cc1ccc(-c2cc(OC(=O)c3cccc4ccccc34)cc3sc(=O)oc23)cc1. The number of fused-ring (bicyclic) bond motifs is 2. The van der Waals surface area contributed by atoms with Gasteiger partial charge in [-0.25, -0.2) is 9.59 Å². The predicted octanol–water partition coefficient (Wildman–Crippen LogP) is 6.20. The number of esters is 1. The minimum atomic E-state index is -0.447. The van der Waals surface area contributed by atoms with Crippen molar-refractivity contribution in [3.8, 4) is 16.9 Å². The molecule has 0 spiro atoms. The first-order chi connectivity index (χ1) is 14.6. The molecule has 4 aromatic carbocycles. The molecule has 0 fully saturated rings. The highest BCUT2D eigenvalue weighted by Gasteiger charge is 2.17. The maximum absolute atomic E-state index is 13.0. The molecule has 4 nitrogen and oxygen atoms in total. The Kier molecular flexibility index (Phi) is 4.45. The van der Waals surface area contributed by atoms with Crippen LogP contribution in [0.3, 0.4) is 0 Å². The average molecular weight is 412 g/mol. The van der Waals surface area contributed by atoms with Crippen LogP contribution in [0.4, 0.5) is 0 Å². The number of carbonyl (C=O) groups is 1. The standard InChI is InChI=1S/C25H16O4S/c1-15-9-11-17(12-10-15)21-13-18(14-22-23(21)29-25(27)30-22)28-24(26)20-8-4-6-16-5-2-3-7-19(16)20/h2-14H,1H3. The summed E-state index contributed by atoms with van der Waals surface area (Å²) in [6.45, 7) is 2.01. The fourth-order valence-corrected chi connectivity index (χ4v) is 4.25. The number of hydrogen-bond acceptors (Lipinski definition) is 5. The van der Waals surface area contributed by atoms with Crippen LogP contribution < -0.4 is 9.68 Å². The molecule has 5 heteroatoms. The Morgan fingerprint density at radius 3 is 2.53 bits per heavy atom. The Bertz CT molecular complexity index is 1450. The number of hydrogen-bond donors (Lipinski definition) is 0. The summed E-state index contributed by atoms with van der Waals surface area (Å²) in [4.78, 5) is 24.4. The number of carbonyl (C=O) groups excluding carboxylic acids is 1. The topological polar surface area (TPSA) is 56.5 Å². The average Bonchev–Trinajstić information content (AvgIpc) is 3.13. The summed E-state index contributed by atoms with van der Waals surface area (Å²) in [5.41, 5.74) is 3.71. The maximum atomic E-state index is 13.0. The lowest BCUT2D eigenvalue weighted by Crippen LogP contribution is -2.09. The highest BCUT2D eigenvalue weighted by Crippen LogP contribution is 2.35. The van der Waals surface area contributed by atoms with Gasteiger partial charge in [-0.05, 0) is 35.4 Å². The van der Waals surface area contributed by atoms with Crippen molar-refractivity contribution in [1.82, 2.24) is 0 Å². The predicted molar refractivity (Wildman–Crippen MR) is 119 cm³/mol. The molecule has 0 bridgehead atoms. The summed E-state index contributed by atoms with van der Waals surface area (Å²) < 4.78 is 11.8. The highest BCUT2D eigenvalue weighted by atomic mass is 32.1. The largest absolute Gasteiger partial charge is 0.423 e. The van der Waals surface area contributed by atoms with Crippen LogP contribution in [0.25, 0.3) is 32.2 Å². The summed E-state index contributed by atoms with van der Waals surface area (Å²) in [5, 5.41) is 1.80. The third kappa shape index (κ3) is 3.29. The summed E-state index contributed by atoms with van der Waals surface area (Å²) >= 11 is 0.990. The molecule has 0 radical (unpaired) electrons. The molecule has 30 heavy (non-hydrogen) atoms. The van der Waals surface area contributed by atoms with E-state index in [0.29, 0.717) is 27.2 Å². The fraction of sp³-hybridized carbons (Fsp3) is 0.0400. The smallest absolute Gasteiger partial charge is 0.396 e. The first-order valence-corrected chi connectivity index (χ1v) is 10.2. The fourth-order valence-electron chi connectivity index (χ4n) is 3.52. The normalized spacial score (nSPS) is 11.1. The van der Waals surface area contributed by atoms with Crippen molar-refractivity contribution in [3.05, 3.63) is 99.7 Å². The Labute approximate surface area is 176 Å². The zero-order valence-electron chi connectivity index (χ0n) is 16.0. The molecule has 5 aromatic rings. The van der Waals surface area contributed by atoms with E-state index in [0.717, 1.165) is 33.2 Å². The van der Waals surface area contributed by atoms with E-state index in [4.69, 9.17) is 9.15 Å². The van der Waals surface area contributed by atoms with E-state index >= 15 is 0 Å². The molecule has 0 aliphatic carbocycles. The van der Waals surface area contributed by atoms with Crippen LogP contribution in [-0.2, 0) is 0 Å². The minimum Gasteiger partial charge on any atom is -0.423 e. The molecule has 1 aromatic heterocycles. The molecule has 0 amide bonds. The first kappa shape index (κ1) is 18.3. The Morgan fingerprint density at radius 2 is 1.70 bits per heavy atom. The van der Waals surface area contributed by atoms with Crippen LogP contribution in [-0.4, -0.2) is 5.97 Å². The van der Waals surface area contributed by atoms with Crippen LogP contribution in [0.15, 0.2) is 88.1 Å². The van der Waals surface area contributed by atoms with Crippen molar-refractivity contribution in [2.45, 2.75) is 6.92 Å². The molecule has 0 saturated carbocycles. The second-order valence-corrected chi connectivity index (χ2v) is 8.01. The number of rotatable bonds is 3. The second kappa shape index (κ2) is 7.28. The van der Waals surface area contributed by atoms with Gasteiger partial charge < -0.3 is 9.15 Å².